The molecule has 4 heterocycles. The average Bonchev–Trinajstić information content (AvgIpc) is 3.07. The third-order valence-corrected chi connectivity index (χ3v) is 5.26. The Morgan fingerprint density at radius 2 is 2.12 bits per heavy atom. The quantitative estimate of drug-likeness (QED) is 0.713. The molecule has 4 rings (SSSR count). The minimum atomic E-state index is -0.0544. The van der Waals surface area contributed by atoms with Crippen LogP contribution in [0.4, 0.5) is 0 Å². The van der Waals surface area contributed by atoms with Crippen LogP contribution in [0.2, 0.25) is 0 Å². The Morgan fingerprint density at radius 1 is 1.27 bits per heavy atom. The fourth-order valence-corrected chi connectivity index (χ4v) is 3.68. The second-order valence-electron chi connectivity index (χ2n) is 6.58. The van der Waals surface area contributed by atoms with Crippen LogP contribution in [-0.2, 0) is 6.54 Å². The Bertz CT molecular complexity index is 903. The first-order valence-corrected chi connectivity index (χ1v) is 9.54. The number of nitrogens with zero attached hydrogens (tertiary/aromatic N) is 4. The third-order valence-electron chi connectivity index (χ3n) is 4.76. The van der Waals surface area contributed by atoms with Crippen LogP contribution in [0.5, 0.6) is 0 Å². The summed E-state index contributed by atoms with van der Waals surface area (Å²) in [6.45, 7) is 2.78. The van der Waals surface area contributed by atoms with Crippen LogP contribution in [0.3, 0.4) is 0 Å². The van der Waals surface area contributed by atoms with Crippen molar-refractivity contribution < 1.29 is 4.79 Å². The monoisotopic (exact) mass is 413 g/mol. The van der Waals surface area contributed by atoms with E-state index in [4.69, 9.17) is 0 Å². The van der Waals surface area contributed by atoms with Crippen molar-refractivity contribution in [1.82, 2.24) is 24.8 Å². The number of carbonyl (C=O) groups is 1. The van der Waals surface area contributed by atoms with Crippen molar-refractivity contribution in [2.24, 2.45) is 0 Å². The minimum absolute atomic E-state index is 0.0544. The van der Waals surface area contributed by atoms with Crippen LogP contribution in [0.25, 0.3) is 5.52 Å². The Labute approximate surface area is 160 Å². The van der Waals surface area contributed by atoms with E-state index in [1.165, 1.54) is 0 Å². The molecule has 0 bridgehead atoms. The number of hydrogen-bond donors (Lipinski definition) is 1. The second-order valence-corrected chi connectivity index (χ2v) is 7.49. The highest BCUT2D eigenvalue weighted by Gasteiger charge is 2.22. The topological polar surface area (TPSA) is 62.5 Å². The van der Waals surface area contributed by atoms with Gasteiger partial charge in [-0.15, -0.1) is 0 Å². The average molecular weight is 414 g/mol. The zero-order chi connectivity index (χ0) is 17.9. The first-order valence-electron chi connectivity index (χ1n) is 8.75. The van der Waals surface area contributed by atoms with Gasteiger partial charge in [0, 0.05) is 42.5 Å². The van der Waals surface area contributed by atoms with Crippen LogP contribution >= 0.6 is 15.9 Å². The van der Waals surface area contributed by atoms with Crippen molar-refractivity contribution in [3.05, 3.63) is 64.7 Å². The molecule has 3 aromatic rings. The summed E-state index contributed by atoms with van der Waals surface area (Å²) in [5.41, 5.74) is 2.51. The zero-order valence-corrected chi connectivity index (χ0v) is 15.9. The van der Waals surface area contributed by atoms with Crippen molar-refractivity contribution in [3.63, 3.8) is 0 Å². The van der Waals surface area contributed by atoms with Gasteiger partial charge < -0.3 is 5.32 Å². The molecule has 134 valence electrons. The van der Waals surface area contributed by atoms with E-state index in [-0.39, 0.29) is 11.9 Å². The highest BCUT2D eigenvalue weighted by molar-refractivity contribution is 9.10. The van der Waals surface area contributed by atoms with E-state index in [9.17, 15) is 4.79 Å². The summed E-state index contributed by atoms with van der Waals surface area (Å²) in [6.07, 6.45) is 7.19. The molecular formula is C19H20BrN5O. The van der Waals surface area contributed by atoms with Gasteiger partial charge in [0.25, 0.3) is 5.91 Å². The van der Waals surface area contributed by atoms with E-state index in [0.29, 0.717) is 5.56 Å². The van der Waals surface area contributed by atoms with Crippen LogP contribution in [0.1, 0.15) is 28.9 Å². The van der Waals surface area contributed by atoms with E-state index in [2.05, 4.69) is 42.3 Å². The number of amides is 1. The van der Waals surface area contributed by atoms with E-state index in [1.807, 2.05) is 36.7 Å². The molecule has 1 fully saturated rings. The van der Waals surface area contributed by atoms with Crippen molar-refractivity contribution >= 4 is 27.4 Å². The van der Waals surface area contributed by atoms with Crippen molar-refractivity contribution in [3.8, 4) is 0 Å². The molecule has 6 nitrogen and oxygen atoms in total. The highest BCUT2D eigenvalue weighted by atomic mass is 79.9. The molecule has 1 aliphatic rings. The molecule has 1 amide bonds. The molecule has 0 saturated carbocycles. The number of pyridine rings is 2. The SMILES string of the molecule is O=C(NC1CCN(Cc2ccccn2)CC1)c1cnn2ccc(Br)cc12. The molecule has 7 heteroatoms. The zero-order valence-electron chi connectivity index (χ0n) is 14.3. The van der Waals surface area contributed by atoms with Crippen molar-refractivity contribution in [2.45, 2.75) is 25.4 Å². The predicted molar refractivity (Wildman–Crippen MR) is 103 cm³/mol. The maximum absolute atomic E-state index is 12.7. The first kappa shape index (κ1) is 17.2. The molecule has 0 aliphatic carbocycles. The van der Waals surface area contributed by atoms with Crippen molar-refractivity contribution in [1.29, 1.82) is 0 Å². The summed E-state index contributed by atoms with van der Waals surface area (Å²) in [7, 11) is 0. The molecule has 0 aromatic carbocycles. The van der Waals surface area contributed by atoms with Gasteiger partial charge in [0.05, 0.1) is 23.0 Å². The number of halogens is 1. The summed E-state index contributed by atoms with van der Waals surface area (Å²) in [5, 5.41) is 7.42. The number of aromatic nitrogens is 3. The maximum Gasteiger partial charge on any atom is 0.255 e. The number of carbonyl (C=O) groups excluding carboxylic acids is 1. The Hall–Kier alpha value is -2.25. The number of fused-ring (bicyclic) bond motifs is 1. The van der Waals surface area contributed by atoms with E-state index in [0.717, 1.165) is 48.2 Å². The van der Waals surface area contributed by atoms with Gasteiger partial charge >= 0.3 is 0 Å². The lowest BCUT2D eigenvalue weighted by atomic mass is 10.0. The lowest BCUT2D eigenvalue weighted by Crippen LogP contribution is -2.44. The summed E-state index contributed by atoms with van der Waals surface area (Å²) in [5.74, 6) is -0.0544. The number of nitrogens with one attached hydrogen (secondary N) is 1. The van der Waals surface area contributed by atoms with Gasteiger partial charge in [-0.1, -0.05) is 22.0 Å². The number of hydrogen-bond acceptors (Lipinski definition) is 4. The number of piperidine rings is 1. The van der Waals surface area contributed by atoms with Crippen LogP contribution in [0, 0.1) is 0 Å². The Morgan fingerprint density at radius 3 is 2.88 bits per heavy atom. The summed E-state index contributed by atoms with van der Waals surface area (Å²) >= 11 is 3.45. The van der Waals surface area contributed by atoms with Gasteiger partial charge in [0.2, 0.25) is 0 Å². The van der Waals surface area contributed by atoms with E-state index < -0.39 is 0 Å². The van der Waals surface area contributed by atoms with Gasteiger partial charge in [-0.2, -0.15) is 5.10 Å². The fraction of sp³-hybridized carbons (Fsp3) is 0.316. The molecule has 26 heavy (non-hydrogen) atoms. The maximum atomic E-state index is 12.7. The normalized spacial score (nSPS) is 16.0. The van der Waals surface area contributed by atoms with Crippen LogP contribution in [-0.4, -0.2) is 44.5 Å². The molecule has 0 atom stereocenters. The molecule has 3 aromatic heterocycles. The van der Waals surface area contributed by atoms with Crippen LogP contribution < -0.4 is 5.32 Å². The number of likely N-dealkylation sites (tertiary alicyclic amines) is 1. The minimum Gasteiger partial charge on any atom is -0.349 e. The smallest absolute Gasteiger partial charge is 0.255 e. The van der Waals surface area contributed by atoms with Gasteiger partial charge in [-0.25, -0.2) is 4.52 Å². The van der Waals surface area contributed by atoms with Crippen molar-refractivity contribution in [2.75, 3.05) is 13.1 Å². The fourth-order valence-electron chi connectivity index (χ4n) is 3.35. The molecule has 0 unspecified atom stereocenters. The Kier molecular flexibility index (Phi) is 4.99. The molecule has 0 radical (unpaired) electrons. The lowest BCUT2D eigenvalue weighted by Gasteiger charge is -2.32. The molecule has 0 spiro atoms. The molecule has 1 N–H and O–H groups in total. The van der Waals surface area contributed by atoms with Gasteiger partial charge in [-0.3, -0.25) is 14.7 Å². The summed E-state index contributed by atoms with van der Waals surface area (Å²) in [6, 6.07) is 10.0. The third kappa shape index (κ3) is 3.78. The van der Waals surface area contributed by atoms with E-state index >= 15 is 0 Å². The summed E-state index contributed by atoms with van der Waals surface area (Å²) in [4.78, 5) is 19.4. The largest absolute Gasteiger partial charge is 0.349 e. The molecule has 1 saturated heterocycles. The van der Waals surface area contributed by atoms with Gasteiger partial charge in [0.1, 0.15) is 0 Å². The predicted octanol–water partition coefficient (Wildman–Crippen LogP) is 2.89. The number of rotatable bonds is 4. The van der Waals surface area contributed by atoms with Gasteiger partial charge in [-0.05, 0) is 37.1 Å². The summed E-state index contributed by atoms with van der Waals surface area (Å²) < 4.78 is 2.65. The molecule has 1 aliphatic heterocycles. The second kappa shape index (κ2) is 7.55. The Balaban J connectivity index is 1.35. The van der Waals surface area contributed by atoms with Crippen LogP contribution in [0.15, 0.2) is 53.4 Å². The lowest BCUT2D eigenvalue weighted by molar-refractivity contribution is 0.0910. The van der Waals surface area contributed by atoms with E-state index in [1.54, 1.807) is 10.7 Å². The van der Waals surface area contributed by atoms with Gasteiger partial charge in [0.15, 0.2) is 0 Å². The highest BCUT2D eigenvalue weighted by Crippen LogP contribution is 2.18. The first-order chi connectivity index (χ1) is 12.7. The molecular weight excluding hydrogens is 394 g/mol. The standard InChI is InChI=1S/C19H20BrN5O/c20-14-4-10-25-18(11-14)17(12-22-25)19(26)23-15-5-8-24(9-6-15)13-16-3-1-2-7-21-16/h1-4,7,10-12,15H,5-6,8-9,13H2,(H,23,26).